The number of aryl methyl sites for hydroxylation is 2. The standard InChI is InChI=1S/C24H32FN3O2S/c1-24(2,3)30-23(29)28(4)18-12-10-17(11-13-18)26-22-27-21-19-14-16(25)9-8-15(19)6-5-7-20(21)31-22/h8-9,14,17-18H,5-7,10-13H2,1-4H3,(H,26,27). The van der Waals surface area contributed by atoms with Gasteiger partial charge in [0, 0.05) is 29.6 Å². The molecule has 1 aromatic heterocycles. The lowest BCUT2D eigenvalue weighted by atomic mass is 9.90. The van der Waals surface area contributed by atoms with E-state index in [1.54, 1.807) is 28.4 Å². The van der Waals surface area contributed by atoms with Gasteiger partial charge in [0.05, 0.1) is 5.69 Å². The molecule has 0 atom stereocenters. The molecular weight excluding hydrogens is 413 g/mol. The molecule has 31 heavy (non-hydrogen) atoms. The predicted octanol–water partition coefficient (Wildman–Crippen LogP) is 6.03. The van der Waals surface area contributed by atoms with Gasteiger partial charge in [0.15, 0.2) is 5.13 Å². The average Bonchev–Trinajstić information content (AvgIpc) is 3.02. The van der Waals surface area contributed by atoms with E-state index in [9.17, 15) is 9.18 Å². The van der Waals surface area contributed by atoms with Gasteiger partial charge in [-0.3, -0.25) is 0 Å². The Morgan fingerprint density at radius 1 is 1.23 bits per heavy atom. The van der Waals surface area contributed by atoms with Crippen LogP contribution in [0.4, 0.5) is 14.3 Å². The number of benzene rings is 1. The van der Waals surface area contributed by atoms with Crippen LogP contribution in [0.5, 0.6) is 0 Å². The van der Waals surface area contributed by atoms with Gasteiger partial charge in [-0.2, -0.15) is 0 Å². The number of hydrogen-bond donors (Lipinski definition) is 1. The Kier molecular flexibility index (Phi) is 6.24. The minimum absolute atomic E-state index is 0.204. The van der Waals surface area contributed by atoms with Crippen molar-refractivity contribution in [1.82, 2.24) is 9.88 Å². The second-order valence-electron chi connectivity index (χ2n) is 9.69. The van der Waals surface area contributed by atoms with Crippen molar-refractivity contribution in [2.75, 3.05) is 12.4 Å². The summed E-state index contributed by atoms with van der Waals surface area (Å²) in [4.78, 5) is 20.2. The smallest absolute Gasteiger partial charge is 0.410 e. The van der Waals surface area contributed by atoms with E-state index in [0.29, 0.717) is 6.04 Å². The SMILES string of the molecule is CN(C(=O)OC(C)(C)C)C1CCC(Nc2nc3c(s2)CCCc2ccc(F)cc2-3)CC1. The largest absolute Gasteiger partial charge is 0.444 e. The number of ether oxygens (including phenoxy) is 1. The topological polar surface area (TPSA) is 54.5 Å². The summed E-state index contributed by atoms with van der Waals surface area (Å²) in [7, 11) is 1.83. The number of carbonyl (C=O) groups is 1. The summed E-state index contributed by atoms with van der Waals surface area (Å²) in [5.41, 5.74) is 2.59. The average molecular weight is 446 g/mol. The normalized spacial score (nSPS) is 20.9. The van der Waals surface area contributed by atoms with E-state index >= 15 is 0 Å². The fourth-order valence-corrected chi connectivity index (χ4v) is 5.58. The van der Waals surface area contributed by atoms with E-state index in [0.717, 1.165) is 61.3 Å². The van der Waals surface area contributed by atoms with Crippen molar-refractivity contribution in [3.05, 3.63) is 34.5 Å². The van der Waals surface area contributed by atoms with Crippen LogP contribution < -0.4 is 5.32 Å². The third kappa shape index (κ3) is 5.20. The van der Waals surface area contributed by atoms with Gasteiger partial charge >= 0.3 is 6.09 Å². The molecular formula is C24H32FN3O2S. The summed E-state index contributed by atoms with van der Waals surface area (Å²) in [6.45, 7) is 5.67. The summed E-state index contributed by atoms with van der Waals surface area (Å²) in [6.07, 6.45) is 6.60. The molecule has 168 valence electrons. The third-order valence-electron chi connectivity index (χ3n) is 6.13. The second kappa shape index (κ2) is 8.77. The molecule has 0 radical (unpaired) electrons. The first-order chi connectivity index (χ1) is 14.7. The number of halogens is 1. The highest BCUT2D eigenvalue weighted by atomic mass is 32.1. The molecule has 1 amide bonds. The lowest BCUT2D eigenvalue weighted by Gasteiger charge is -2.35. The molecule has 2 aliphatic rings. The van der Waals surface area contributed by atoms with Crippen LogP contribution in [-0.2, 0) is 17.6 Å². The van der Waals surface area contributed by atoms with Crippen LogP contribution in [0.2, 0.25) is 0 Å². The molecule has 5 nitrogen and oxygen atoms in total. The number of nitrogens with zero attached hydrogens (tertiary/aromatic N) is 2. The zero-order chi connectivity index (χ0) is 22.2. The first-order valence-corrected chi connectivity index (χ1v) is 12.0. The van der Waals surface area contributed by atoms with E-state index in [1.165, 1.54) is 10.4 Å². The highest BCUT2D eigenvalue weighted by molar-refractivity contribution is 7.16. The summed E-state index contributed by atoms with van der Waals surface area (Å²) in [6, 6.07) is 5.61. The highest BCUT2D eigenvalue weighted by Crippen LogP contribution is 2.38. The minimum atomic E-state index is -0.478. The Morgan fingerprint density at radius 3 is 2.68 bits per heavy atom. The lowest BCUT2D eigenvalue weighted by molar-refractivity contribution is 0.0185. The Balaban J connectivity index is 1.38. The van der Waals surface area contributed by atoms with Gasteiger partial charge in [-0.25, -0.2) is 14.2 Å². The van der Waals surface area contributed by atoms with Crippen molar-refractivity contribution in [3.8, 4) is 11.3 Å². The molecule has 7 heteroatoms. The van der Waals surface area contributed by atoms with Crippen LogP contribution in [0.3, 0.4) is 0 Å². The maximum absolute atomic E-state index is 13.9. The Bertz CT molecular complexity index is 945. The van der Waals surface area contributed by atoms with Crippen LogP contribution in [0, 0.1) is 5.82 Å². The first kappa shape index (κ1) is 22.1. The molecule has 0 bridgehead atoms. The van der Waals surface area contributed by atoms with Gasteiger partial charge in [0.25, 0.3) is 0 Å². The fourth-order valence-electron chi connectivity index (χ4n) is 4.48. The predicted molar refractivity (Wildman–Crippen MR) is 123 cm³/mol. The number of nitrogens with one attached hydrogen (secondary N) is 1. The lowest BCUT2D eigenvalue weighted by Crippen LogP contribution is -2.43. The van der Waals surface area contributed by atoms with Gasteiger partial charge in [0.1, 0.15) is 11.4 Å². The maximum atomic E-state index is 13.9. The number of amides is 1. The maximum Gasteiger partial charge on any atom is 0.410 e. The van der Waals surface area contributed by atoms with Crippen LogP contribution >= 0.6 is 11.3 Å². The Morgan fingerprint density at radius 2 is 1.97 bits per heavy atom. The number of aromatic nitrogens is 1. The van der Waals surface area contributed by atoms with E-state index in [4.69, 9.17) is 9.72 Å². The fraction of sp³-hybridized carbons (Fsp3) is 0.583. The second-order valence-corrected chi connectivity index (χ2v) is 10.8. The molecule has 1 aromatic carbocycles. The quantitative estimate of drug-likeness (QED) is 0.627. The number of thiazole rings is 1. The van der Waals surface area contributed by atoms with Crippen molar-refractivity contribution in [3.63, 3.8) is 0 Å². The Hall–Kier alpha value is -2.15. The van der Waals surface area contributed by atoms with Crippen molar-refractivity contribution >= 4 is 22.6 Å². The summed E-state index contributed by atoms with van der Waals surface area (Å²) >= 11 is 1.70. The highest BCUT2D eigenvalue weighted by Gasteiger charge is 2.30. The van der Waals surface area contributed by atoms with E-state index in [2.05, 4.69) is 5.32 Å². The van der Waals surface area contributed by atoms with Gasteiger partial charge in [-0.1, -0.05) is 6.07 Å². The first-order valence-electron chi connectivity index (χ1n) is 11.2. The van der Waals surface area contributed by atoms with Crippen molar-refractivity contribution in [2.45, 2.75) is 83.4 Å². The number of fused-ring (bicyclic) bond motifs is 3. The number of carbonyl (C=O) groups excluding carboxylic acids is 1. The Labute approximate surface area is 188 Å². The summed E-state index contributed by atoms with van der Waals surface area (Å²) in [5.74, 6) is -0.207. The van der Waals surface area contributed by atoms with Gasteiger partial charge in [-0.15, -0.1) is 11.3 Å². The third-order valence-corrected chi connectivity index (χ3v) is 7.17. The molecule has 0 saturated heterocycles. The number of hydrogen-bond acceptors (Lipinski definition) is 5. The molecule has 0 aliphatic heterocycles. The molecule has 4 rings (SSSR count). The van der Waals surface area contributed by atoms with E-state index in [-0.39, 0.29) is 18.0 Å². The van der Waals surface area contributed by atoms with Crippen molar-refractivity contribution in [1.29, 1.82) is 0 Å². The van der Waals surface area contributed by atoms with Crippen LogP contribution in [0.25, 0.3) is 11.3 Å². The molecule has 2 aromatic rings. The van der Waals surface area contributed by atoms with Crippen LogP contribution in [0.15, 0.2) is 18.2 Å². The molecule has 1 N–H and O–H groups in total. The molecule has 1 saturated carbocycles. The molecule has 0 spiro atoms. The van der Waals surface area contributed by atoms with E-state index < -0.39 is 5.60 Å². The van der Waals surface area contributed by atoms with E-state index in [1.807, 2.05) is 33.9 Å². The number of anilines is 1. The molecule has 0 unspecified atom stereocenters. The molecule has 1 heterocycles. The summed E-state index contributed by atoms with van der Waals surface area (Å²) in [5, 5.41) is 4.53. The van der Waals surface area contributed by atoms with Crippen LogP contribution in [-0.4, -0.2) is 40.7 Å². The van der Waals surface area contributed by atoms with Gasteiger partial charge in [0.2, 0.25) is 0 Å². The molecule has 2 aliphatic carbocycles. The van der Waals surface area contributed by atoms with Gasteiger partial charge in [-0.05, 0) is 83.4 Å². The summed E-state index contributed by atoms with van der Waals surface area (Å²) < 4.78 is 19.4. The minimum Gasteiger partial charge on any atom is -0.444 e. The zero-order valence-electron chi connectivity index (χ0n) is 18.8. The van der Waals surface area contributed by atoms with Crippen molar-refractivity contribution < 1.29 is 13.9 Å². The number of rotatable bonds is 3. The monoisotopic (exact) mass is 445 g/mol. The van der Waals surface area contributed by atoms with Crippen LogP contribution in [0.1, 0.15) is 63.3 Å². The van der Waals surface area contributed by atoms with Crippen molar-refractivity contribution in [2.24, 2.45) is 0 Å². The zero-order valence-corrected chi connectivity index (χ0v) is 19.7. The van der Waals surface area contributed by atoms with Gasteiger partial charge < -0.3 is 15.0 Å². The molecule has 1 fully saturated rings.